The average molecular weight is 165 g/mol. The van der Waals surface area contributed by atoms with Crippen molar-refractivity contribution in [3.8, 4) is 5.75 Å². The molecule has 1 atom stereocenters. The minimum atomic E-state index is -0.465. The first-order chi connectivity index (χ1) is 5.40. The maximum absolute atomic E-state index is 10.2. The molecule has 1 aromatic rings. The van der Waals surface area contributed by atoms with Crippen molar-refractivity contribution in [3.63, 3.8) is 0 Å². The fourth-order valence-corrected chi connectivity index (χ4v) is 1.77. The van der Waals surface area contributed by atoms with Crippen LogP contribution in [0, 0.1) is 0 Å². The summed E-state index contributed by atoms with van der Waals surface area (Å²) in [4.78, 5) is 11.2. The van der Waals surface area contributed by atoms with Crippen molar-refractivity contribution < 1.29 is 9.53 Å². The Morgan fingerprint density at radius 3 is 3.00 bits per heavy atom. The van der Waals surface area contributed by atoms with Crippen LogP contribution in [0.2, 0.25) is 0 Å². The molecule has 0 spiro atoms. The van der Waals surface area contributed by atoms with Gasteiger partial charge in [-0.3, -0.25) is 4.79 Å². The first kappa shape index (κ1) is 6.73. The van der Waals surface area contributed by atoms with Crippen molar-refractivity contribution in [1.29, 1.82) is 0 Å². The van der Waals surface area contributed by atoms with Gasteiger partial charge in [-0.1, -0.05) is 23.9 Å². The molecule has 0 amide bonds. The fraction of sp³-hybridized carbons (Fsp3) is 0.125. The molecule has 2 nitrogen and oxygen atoms in total. The SMILES string of the molecule is O=[C]C1Oc2ccccc2S1. The molecule has 55 valence electrons. The van der Waals surface area contributed by atoms with Gasteiger partial charge in [0.2, 0.25) is 5.44 Å². The highest BCUT2D eigenvalue weighted by Gasteiger charge is 2.22. The zero-order chi connectivity index (χ0) is 7.68. The second kappa shape index (κ2) is 2.58. The molecule has 0 aromatic heterocycles. The summed E-state index contributed by atoms with van der Waals surface area (Å²) in [5.41, 5.74) is -0.465. The Morgan fingerprint density at radius 2 is 2.27 bits per heavy atom. The zero-order valence-corrected chi connectivity index (χ0v) is 6.43. The predicted octanol–water partition coefficient (Wildman–Crippen LogP) is 1.61. The molecule has 0 bridgehead atoms. The first-order valence-electron chi connectivity index (χ1n) is 3.20. The van der Waals surface area contributed by atoms with E-state index in [1.54, 1.807) is 6.29 Å². The largest absolute Gasteiger partial charge is 0.470 e. The Morgan fingerprint density at radius 1 is 1.45 bits per heavy atom. The van der Waals surface area contributed by atoms with Crippen molar-refractivity contribution in [3.05, 3.63) is 24.3 Å². The van der Waals surface area contributed by atoms with Crippen molar-refractivity contribution in [2.75, 3.05) is 0 Å². The monoisotopic (exact) mass is 165 g/mol. The molecule has 1 aliphatic rings. The van der Waals surface area contributed by atoms with Gasteiger partial charge >= 0.3 is 0 Å². The van der Waals surface area contributed by atoms with E-state index < -0.39 is 5.44 Å². The van der Waals surface area contributed by atoms with Crippen LogP contribution in [-0.4, -0.2) is 11.7 Å². The molecule has 1 radical (unpaired) electrons. The van der Waals surface area contributed by atoms with Gasteiger partial charge in [0.1, 0.15) is 5.75 Å². The predicted molar refractivity (Wildman–Crippen MR) is 42.4 cm³/mol. The van der Waals surface area contributed by atoms with Gasteiger partial charge < -0.3 is 4.74 Å². The van der Waals surface area contributed by atoms with Gasteiger partial charge in [-0.25, -0.2) is 0 Å². The Bertz CT molecular complexity index is 260. The summed E-state index contributed by atoms with van der Waals surface area (Å²) in [6, 6.07) is 7.58. The number of para-hydroxylation sites is 1. The summed E-state index contributed by atoms with van der Waals surface area (Å²) in [5.74, 6) is 0.783. The molecular formula is C8H5O2S. The lowest BCUT2D eigenvalue weighted by Crippen LogP contribution is -2.06. The molecule has 3 heteroatoms. The van der Waals surface area contributed by atoms with Crippen molar-refractivity contribution in [2.24, 2.45) is 0 Å². The molecular weight excluding hydrogens is 160 g/mol. The van der Waals surface area contributed by atoms with E-state index in [-0.39, 0.29) is 0 Å². The van der Waals surface area contributed by atoms with Crippen LogP contribution in [0.1, 0.15) is 0 Å². The molecule has 0 aliphatic carbocycles. The quantitative estimate of drug-likeness (QED) is 0.632. The third-order valence-corrected chi connectivity index (χ3v) is 2.41. The fourth-order valence-electron chi connectivity index (χ4n) is 0.948. The average Bonchev–Trinajstić information content (AvgIpc) is 2.46. The number of carbonyl (C=O) groups excluding carboxylic acids is 1. The van der Waals surface area contributed by atoms with Crippen molar-refractivity contribution in [2.45, 2.75) is 10.3 Å². The van der Waals surface area contributed by atoms with Crippen LogP contribution >= 0.6 is 11.8 Å². The maximum atomic E-state index is 10.2. The number of thioether (sulfide) groups is 1. The molecule has 1 aromatic carbocycles. The molecule has 1 heterocycles. The van der Waals surface area contributed by atoms with Crippen LogP contribution in [0.3, 0.4) is 0 Å². The van der Waals surface area contributed by atoms with Gasteiger partial charge in [-0.05, 0) is 12.1 Å². The molecule has 1 unspecified atom stereocenters. The second-order valence-electron chi connectivity index (χ2n) is 2.13. The smallest absolute Gasteiger partial charge is 0.254 e. The summed E-state index contributed by atoms with van der Waals surface area (Å²) in [6.45, 7) is 0. The molecule has 11 heavy (non-hydrogen) atoms. The van der Waals surface area contributed by atoms with Gasteiger partial charge in [0.05, 0.1) is 4.90 Å². The third-order valence-electron chi connectivity index (χ3n) is 1.41. The highest BCUT2D eigenvalue weighted by Crippen LogP contribution is 2.39. The summed E-state index contributed by atoms with van der Waals surface area (Å²) < 4.78 is 5.20. The van der Waals surface area contributed by atoms with Crippen LogP contribution in [0.4, 0.5) is 0 Å². The number of fused-ring (bicyclic) bond motifs is 1. The molecule has 0 saturated carbocycles. The third kappa shape index (κ3) is 1.12. The van der Waals surface area contributed by atoms with Crippen LogP contribution in [0.15, 0.2) is 29.2 Å². The van der Waals surface area contributed by atoms with Gasteiger partial charge in [0.15, 0.2) is 0 Å². The molecule has 0 N–H and O–H groups in total. The lowest BCUT2D eigenvalue weighted by molar-refractivity contribution is 0.342. The van der Waals surface area contributed by atoms with E-state index >= 15 is 0 Å². The van der Waals surface area contributed by atoms with Gasteiger partial charge in [-0.15, -0.1) is 0 Å². The standard InChI is InChI=1S/C8H5O2S/c9-5-8-10-6-3-1-2-4-7(6)11-8/h1-4,8H. The van der Waals surface area contributed by atoms with E-state index in [1.165, 1.54) is 11.8 Å². The number of hydrogen-bond acceptors (Lipinski definition) is 3. The normalized spacial score (nSPS) is 20.5. The van der Waals surface area contributed by atoms with Crippen molar-refractivity contribution in [1.82, 2.24) is 0 Å². The maximum Gasteiger partial charge on any atom is 0.254 e. The van der Waals surface area contributed by atoms with E-state index in [4.69, 9.17) is 4.74 Å². The van der Waals surface area contributed by atoms with E-state index in [2.05, 4.69) is 0 Å². The number of ether oxygens (including phenoxy) is 1. The Kier molecular flexibility index (Phi) is 1.58. The van der Waals surface area contributed by atoms with E-state index in [9.17, 15) is 4.79 Å². The van der Waals surface area contributed by atoms with Crippen LogP contribution in [0.25, 0.3) is 0 Å². The minimum absolute atomic E-state index is 0.465. The second-order valence-corrected chi connectivity index (χ2v) is 3.24. The van der Waals surface area contributed by atoms with Crippen LogP contribution in [-0.2, 0) is 4.79 Å². The number of rotatable bonds is 1. The zero-order valence-electron chi connectivity index (χ0n) is 5.61. The molecule has 0 saturated heterocycles. The van der Waals surface area contributed by atoms with Gasteiger partial charge in [0.25, 0.3) is 6.29 Å². The number of hydrogen-bond donors (Lipinski definition) is 0. The summed E-state index contributed by atoms with van der Waals surface area (Å²) in [5, 5.41) is 0. The minimum Gasteiger partial charge on any atom is -0.470 e. The van der Waals surface area contributed by atoms with Crippen LogP contribution < -0.4 is 4.74 Å². The summed E-state index contributed by atoms with van der Waals surface area (Å²) in [7, 11) is 0. The number of benzene rings is 1. The highest BCUT2D eigenvalue weighted by atomic mass is 32.2. The Labute approximate surface area is 68.6 Å². The van der Waals surface area contributed by atoms with Crippen LogP contribution in [0.5, 0.6) is 5.75 Å². The van der Waals surface area contributed by atoms with E-state index in [1.807, 2.05) is 24.3 Å². The van der Waals surface area contributed by atoms with E-state index in [0.717, 1.165) is 10.6 Å². The first-order valence-corrected chi connectivity index (χ1v) is 4.08. The summed E-state index contributed by atoms with van der Waals surface area (Å²) in [6.07, 6.45) is 1.80. The highest BCUT2D eigenvalue weighted by molar-refractivity contribution is 8.00. The van der Waals surface area contributed by atoms with Gasteiger partial charge in [-0.2, -0.15) is 0 Å². The Balaban J connectivity index is 2.33. The molecule has 0 fully saturated rings. The molecule has 1 aliphatic heterocycles. The van der Waals surface area contributed by atoms with Crippen molar-refractivity contribution >= 4 is 18.0 Å². The topological polar surface area (TPSA) is 26.3 Å². The Hall–Kier alpha value is -0.960. The lowest BCUT2D eigenvalue weighted by Gasteiger charge is -1.97. The van der Waals surface area contributed by atoms with Gasteiger partial charge in [0, 0.05) is 0 Å². The summed E-state index contributed by atoms with van der Waals surface area (Å²) >= 11 is 1.39. The molecule has 2 rings (SSSR count). The lowest BCUT2D eigenvalue weighted by atomic mass is 10.3. The van der Waals surface area contributed by atoms with E-state index in [0.29, 0.717) is 0 Å².